The van der Waals surface area contributed by atoms with Crippen LogP contribution in [0.3, 0.4) is 0 Å². The molecule has 4 heterocycles. The number of hydrogen-bond acceptors (Lipinski definition) is 6. The zero-order valence-electron chi connectivity index (χ0n) is 15.6. The minimum Gasteiger partial charge on any atom is -0.425 e. The summed E-state index contributed by atoms with van der Waals surface area (Å²) in [4.78, 5) is 25.5. The number of fused-ring (bicyclic) bond motifs is 2. The smallest absolute Gasteiger partial charge is 0.308 e. The van der Waals surface area contributed by atoms with Gasteiger partial charge in [0.2, 0.25) is 0 Å². The number of ether oxygens (including phenoxy) is 1. The molecule has 8 nitrogen and oxygen atoms in total. The first-order chi connectivity index (χ1) is 13.0. The lowest BCUT2D eigenvalue weighted by molar-refractivity contribution is -0.131. The summed E-state index contributed by atoms with van der Waals surface area (Å²) in [6.45, 7) is 5.49. The maximum Gasteiger partial charge on any atom is 0.308 e. The number of H-pyrrole nitrogens is 1. The average molecular weight is 364 g/mol. The van der Waals surface area contributed by atoms with Gasteiger partial charge in [-0.3, -0.25) is 4.79 Å². The number of carbonyl (C=O) groups is 1. The number of anilines is 2. The normalized spacial score (nSPS) is 11.4. The van der Waals surface area contributed by atoms with Crippen LogP contribution in [0.15, 0.2) is 37.1 Å². The van der Waals surface area contributed by atoms with Crippen molar-refractivity contribution in [1.29, 1.82) is 0 Å². The SMILES string of the molecule is CC(=O)Oc1cn2ncnc(N(C)c3cnc4[nH]ccc4c3)c2c1C(C)C. The highest BCUT2D eigenvalue weighted by Gasteiger charge is 2.23. The summed E-state index contributed by atoms with van der Waals surface area (Å²) in [5.41, 5.74) is 3.43. The summed E-state index contributed by atoms with van der Waals surface area (Å²) in [7, 11) is 1.93. The van der Waals surface area contributed by atoms with Gasteiger partial charge in [0.05, 0.1) is 18.1 Å². The molecule has 8 heteroatoms. The number of aromatic nitrogens is 5. The Kier molecular flexibility index (Phi) is 4.02. The van der Waals surface area contributed by atoms with Gasteiger partial charge in [-0.15, -0.1) is 0 Å². The average Bonchev–Trinajstić information content (AvgIpc) is 3.23. The largest absolute Gasteiger partial charge is 0.425 e. The molecule has 138 valence electrons. The summed E-state index contributed by atoms with van der Waals surface area (Å²) in [6.07, 6.45) is 6.86. The van der Waals surface area contributed by atoms with Crippen molar-refractivity contribution in [3.8, 4) is 5.75 Å². The van der Waals surface area contributed by atoms with Gasteiger partial charge in [0.1, 0.15) is 17.5 Å². The monoisotopic (exact) mass is 364 g/mol. The van der Waals surface area contributed by atoms with Gasteiger partial charge in [-0.05, 0) is 18.1 Å². The lowest BCUT2D eigenvalue weighted by Gasteiger charge is -2.20. The van der Waals surface area contributed by atoms with Crippen molar-refractivity contribution in [1.82, 2.24) is 24.6 Å². The molecule has 0 bridgehead atoms. The van der Waals surface area contributed by atoms with E-state index >= 15 is 0 Å². The van der Waals surface area contributed by atoms with Crippen molar-refractivity contribution < 1.29 is 9.53 Å². The fourth-order valence-corrected chi connectivity index (χ4v) is 3.27. The molecule has 0 saturated carbocycles. The van der Waals surface area contributed by atoms with Crippen LogP contribution in [0.4, 0.5) is 11.5 Å². The second-order valence-corrected chi connectivity index (χ2v) is 6.70. The molecule has 0 aliphatic carbocycles. The Bertz CT molecular complexity index is 1140. The summed E-state index contributed by atoms with van der Waals surface area (Å²) >= 11 is 0. The van der Waals surface area contributed by atoms with Crippen LogP contribution < -0.4 is 9.64 Å². The van der Waals surface area contributed by atoms with E-state index in [-0.39, 0.29) is 11.9 Å². The van der Waals surface area contributed by atoms with Gasteiger partial charge in [-0.2, -0.15) is 5.10 Å². The molecular formula is C19H20N6O2. The molecule has 0 atom stereocenters. The minimum atomic E-state index is -0.363. The third kappa shape index (κ3) is 2.88. The number of rotatable bonds is 4. The molecule has 0 amide bonds. The molecule has 4 aromatic heterocycles. The molecule has 0 aliphatic rings. The van der Waals surface area contributed by atoms with Crippen LogP contribution in [-0.4, -0.2) is 37.6 Å². The van der Waals surface area contributed by atoms with Gasteiger partial charge in [-0.25, -0.2) is 14.5 Å². The maximum absolute atomic E-state index is 11.5. The number of pyridine rings is 1. The van der Waals surface area contributed by atoms with Gasteiger partial charge in [0.15, 0.2) is 11.6 Å². The van der Waals surface area contributed by atoms with Gasteiger partial charge < -0.3 is 14.6 Å². The molecule has 0 aromatic carbocycles. The fraction of sp³-hybridized carbons (Fsp3) is 0.263. The van der Waals surface area contributed by atoms with E-state index in [1.54, 1.807) is 16.9 Å². The number of nitrogens with zero attached hydrogens (tertiary/aromatic N) is 5. The third-order valence-electron chi connectivity index (χ3n) is 4.48. The number of nitrogens with one attached hydrogen (secondary N) is 1. The summed E-state index contributed by atoms with van der Waals surface area (Å²) in [5.74, 6) is 0.973. The first-order valence-corrected chi connectivity index (χ1v) is 8.67. The molecular weight excluding hydrogens is 344 g/mol. The Morgan fingerprint density at radius 3 is 2.89 bits per heavy atom. The van der Waals surface area contributed by atoms with Crippen molar-refractivity contribution in [2.45, 2.75) is 26.7 Å². The highest BCUT2D eigenvalue weighted by atomic mass is 16.5. The van der Waals surface area contributed by atoms with Crippen LogP contribution in [0.5, 0.6) is 5.75 Å². The molecule has 0 aliphatic heterocycles. The minimum absolute atomic E-state index is 0.118. The third-order valence-corrected chi connectivity index (χ3v) is 4.48. The second-order valence-electron chi connectivity index (χ2n) is 6.70. The van der Waals surface area contributed by atoms with Crippen LogP contribution in [0.2, 0.25) is 0 Å². The molecule has 4 rings (SSSR count). The first kappa shape index (κ1) is 17.0. The predicted molar refractivity (Wildman–Crippen MR) is 103 cm³/mol. The van der Waals surface area contributed by atoms with E-state index in [9.17, 15) is 4.79 Å². The summed E-state index contributed by atoms with van der Waals surface area (Å²) in [6, 6.07) is 4.02. The Hall–Kier alpha value is -3.42. The highest BCUT2D eigenvalue weighted by Crippen LogP contribution is 2.37. The van der Waals surface area contributed by atoms with E-state index in [1.807, 2.05) is 44.1 Å². The molecule has 0 saturated heterocycles. The molecule has 0 spiro atoms. The molecule has 0 radical (unpaired) electrons. The van der Waals surface area contributed by atoms with Crippen molar-refractivity contribution in [2.75, 3.05) is 11.9 Å². The lowest BCUT2D eigenvalue weighted by Crippen LogP contribution is -2.14. The zero-order valence-corrected chi connectivity index (χ0v) is 15.6. The van der Waals surface area contributed by atoms with E-state index in [1.165, 1.54) is 13.3 Å². The molecule has 1 N–H and O–H groups in total. The van der Waals surface area contributed by atoms with Crippen LogP contribution in [0.1, 0.15) is 32.3 Å². The van der Waals surface area contributed by atoms with E-state index < -0.39 is 0 Å². The molecule has 0 unspecified atom stereocenters. The Labute approximate surface area is 155 Å². The Morgan fingerprint density at radius 1 is 1.33 bits per heavy atom. The van der Waals surface area contributed by atoms with Gasteiger partial charge in [0, 0.05) is 31.1 Å². The van der Waals surface area contributed by atoms with Crippen molar-refractivity contribution in [2.24, 2.45) is 0 Å². The van der Waals surface area contributed by atoms with Gasteiger partial charge >= 0.3 is 5.97 Å². The molecule has 4 aromatic rings. The quantitative estimate of drug-likeness (QED) is 0.558. The van der Waals surface area contributed by atoms with Crippen molar-refractivity contribution >= 4 is 34.0 Å². The predicted octanol–water partition coefficient (Wildman–Crippen LogP) is 3.42. The van der Waals surface area contributed by atoms with Gasteiger partial charge in [0.25, 0.3) is 0 Å². The maximum atomic E-state index is 11.5. The van der Waals surface area contributed by atoms with E-state index in [0.717, 1.165) is 27.8 Å². The second kappa shape index (κ2) is 6.39. The van der Waals surface area contributed by atoms with Crippen LogP contribution >= 0.6 is 0 Å². The highest BCUT2D eigenvalue weighted by molar-refractivity contribution is 5.85. The zero-order chi connectivity index (χ0) is 19.1. The topological polar surface area (TPSA) is 88.4 Å². The van der Waals surface area contributed by atoms with Crippen molar-refractivity contribution in [3.63, 3.8) is 0 Å². The lowest BCUT2D eigenvalue weighted by atomic mass is 10.0. The fourth-order valence-electron chi connectivity index (χ4n) is 3.27. The van der Waals surface area contributed by atoms with E-state index in [2.05, 4.69) is 20.1 Å². The Balaban J connectivity index is 1.89. The number of esters is 1. The standard InChI is InChI=1S/C19H20N6O2/c1-11(2)16-15(27-12(3)26)9-25-17(16)19(22-10-23-25)24(4)14-7-13-5-6-20-18(13)21-8-14/h5-11H,1-4H3,(H,20,21). The molecule has 27 heavy (non-hydrogen) atoms. The molecule has 0 fully saturated rings. The van der Waals surface area contributed by atoms with Crippen molar-refractivity contribution in [3.05, 3.63) is 42.6 Å². The van der Waals surface area contributed by atoms with Gasteiger partial charge in [-0.1, -0.05) is 13.8 Å². The van der Waals surface area contributed by atoms with Crippen LogP contribution in [-0.2, 0) is 4.79 Å². The van der Waals surface area contributed by atoms with E-state index in [4.69, 9.17) is 4.74 Å². The van der Waals surface area contributed by atoms with Crippen LogP contribution in [0.25, 0.3) is 16.6 Å². The first-order valence-electron chi connectivity index (χ1n) is 8.67. The number of hydrogen-bond donors (Lipinski definition) is 1. The van der Waals surface area contributed by atoms with E-state index in [0.29, 0.717) is 11.6 Å². The summed E-state index contributed by atoms with van der Waals surface area (Å²) in [5, 5.41) is 5.32. The number of carbonyl (C=O) groups excluding carboxylic acids is 1. The summed E-state index contributed by atoms with van der Waals surface area (Å²) < 4.78 is 7.12. The number of aromatic amines is 1. The Morgan fingerprint density at radius 2 is 2.15 bits per heavy atom. The van der Waals surface area contributed by atoms with Crippen LogP contribution in [0, 0.1) is 0 Å².